The minimum absolute atomic E-state index is 0.111. The summed E-state index contributed by atoms with van der Waals surface area (Å²) in [4.78, 5) is 21.3. The van der Waals surface area contributed by atoms with E-state index >= 15 is 0 Å². The molecule has 0 saturated heterocycles. The van der Waals surface area contributed by atoms with Crippen LogP contribution in [0.4, 0.5) is 4.39 Å². The van der Waals surface area contributed by atoms with E-state index in [1.54, 1.807) is 24.3 Å². The molecular formula is C23H25FN4O2S. The van der Waals surface area contributed by atoms with Gasteiger partial charge in [0.1, 0.15) is 23.9 Å². The van der Waals surface area contributed by atoms with E-state index < -0.39 is 5.54 Å². The van der Waals surface area contributed by atoms with Gasteiger partial charge in [0.15, 0.2) is 11.0 Å². The van der Waals surface area contributed by atoms with Gasteiger partial charge in [-0.1, -0.05) is 29.7 Å². The number of aromatic nitrogens is 1. The molecule has 2 aromatic rings. The van der Waals surface area contributed by atoms with Crippen LogP contribution in [0.3, 0.4) is 0 Å². The zero-order chi connectivity index (χ0) is 22.3. The Bertz CT molecular complexity index is 1030. The molecule has 0 aliphatic carbocycles. The number of nitrogens with one attached hydrogen (secondary N) is 1. The molecule has 3 N–H and O–H groups in total. The van der Waals surface area contributed by atoms with Crippen molar-refractivity contribution >= 4 is 22.7 Å². The van der Waals surface area contributed by atoms with E-state index in [1.165, 1.54) is 24.0 Å². The highest BCUT2D eigenvalue weighted by molar-refractivity contribution is 8.13. The summed E-state index contributed by atoms with van der Waals surface area (Å²) in [6.45, 7) is 2.71. The fraction of sp³-hybridized carbons (Fsp3) is 0.348. The number of aliphatic imine (C=N–C) groups is 1. The van der Waals surface area contributed by atoms with Crippen molar-refractivity contribution in [3.8, 4) is 17.6 Å². The van der Waals surface area contributed by atoms with Crippen LogP contribution in [0.1, 0.15) is 35.0 Å². The Morgan fingerprint density at radius 1 is 1.35 bits per heavy atom. The van der Waals surface area contributed by atoms with Gasteiger partial charge in [-0.05, 0) is 50.2 Å². The van der Waals surface area contributed by atoms with Crippen LogP contribution in [0.5, 0.6) is 5.75 Å². The molecule has 1 atom stereocenters. The SMILES string of the molecule is CNCC#CCOc1ccc(C(=O)Cc2ccc(F)c([C@]3(C)CCSC(N)=N3)c2)nc1. The van der Waals surface area contributed by atoms with E-state index in [1.807, 2.05) is 14.0 Å². The number of hydrogen-bond acceptors (Lipinski definition) is 7. The summed E-state index contributed by atoms with van der Waals surface area (Å²) in [5, 5.41) is 3.38. The monoisotopic (exact) mass is 440 g/mol. The zero-order valence-corrected chi connectivity index (χ0v) is 18.4. The predicted molar refractivity (Wildman–Crippen MR) is 122 cm³/mol. The molecule has 1 aromatic heterocycles. The smallest absolute Gasteiger partial charge is 0.185 e. The molecule has 31 heavy (non-hydrogen) atoms. The van der Waals surface area contributed by atoms with Gasteiger partial charge in [-0.15, -0.1) is 0 Å². The quantitative estimate of drug-likeness (QED) is 0.508. The lowest BCUT2D eigenvalue weighted by molar-refractivity contribution is 0.0988. The number of thioether (sulfide) groups is 1. The number of Topliss-reactive ketones (excluding diaryl/α,β-unsaturated/α-hetero) is 1. The van der Waals surface area contributed by atoms with Crippen LogP contribution >= 0.6 is 11.8 Å². The number of ketones is 1. The first kappa shape index (κ1) is 22.8. The maximum Gasteiger partial charge on any atom is 0.185 e. The van der Waals surface area contributed by atoms with Gasteiger partial charge in [0, 0.05) is 17.7 Å². The standard InChI is InChI=1S/C23H25FN4O2S/c1-23(9-12-31-22(25)28-23)18-13-16(5-7-19(18)24)14-21(29)20-8-6-17(15-27-20)30-11-4-3-10-26-2/h5-8,13,15,26H,9-12,14H2,1-2H3,(H2,25,28)/t23-/m0/s1. The van der Waals surface area contributed by atoms with Gasteiger partial charge in [-0.3, -0.25) is 9.79 Å². The molecule has 6 nitrogen and oxygen atoms in total. The number of carbonyl (C=O) groups excluding carboxylic acids is 1. The van der Waals surface area contributed by atoms with Gasteiger partial charge >= 0.3 is 0 Å². The van der Waals surface area contributed by atoms with Crippen molar-refractivity contribution in [1.29, 1.82) is 0 Å². The minimum Gasteiger partial charge on any atom is -0.479 e. The maximum absolute atomic E-state index is 14.6. The second-order valence-corrected chi connectivity index (χ2v) is 8.40. The Balaban J connectivity index is 1.68. The van der Waals surface area contributed by atoms with E-state index in [-0.39, 0.29) is 24.6 Å². The maximum atomic E-state index is 14.6. The van der Waals surface area contributed by atoms with Gasteiger partial charge in [0.2, 0.25) is 0 Å². The molecule has 162 valence electrons. The molecule has 1 aromatic carbocycles. The van der Waals surface area contributed by atoms with Gasteiger partial charge < -0.3 is 15.8 Å². The first-order valence-electron chi connectivity index (χ1n) is 9.91. The van der Waals surface area contributed by atoms with Crippen LogP contribution in [0, 0.1) is 17.7 Å². The molecule has 0 unspecified atom stereocenters. The molecule has 3 rings (SSSR count). The van der Waals surface area contributed by atoms with Gasteiger partial charge in [-0.25, -0.2) is 9.37 Å². The number of pyridine rings is 1. The number of halogens is 1. The lowest BCUT2D eigenvalue weighted by Crippen LogP contribution is -2.29. The van der Waals surface area contributed by atoms with Crippen LogP contribution < -0.4 is 15.8 Å². The molecule has 0 saturated carbocycles. The molecule has 0 bridgehead atoms. The van der Waals surface area contributed by atoms with Crippen LogP contribution in [-0.4, -0.2) is 41.9 Å². The Labute approximate surface area is 185 Å². The molecule has 2 heterocycles. The van der Waals surface area contributed by atoms with Crippen LogP contribution in [-0.2, 0) is 12.0 Å². The summed E-state index contributed by atoms with van der Waals surface area (Å²) in [7, 11) is 1.82. The van der Waals surface area contributed by atoms with E-state index in [0.717, 1.165) is 5.75 Å². The predicted octanol–water partition coefficient (Wildman–Crippen LogP) is 2.91. The van der Waals surface area contributed by atoms with Crippen LogP contribution in [0.15, 0.2) is 41.5 Å². The van der Waals surface area contributed by atoms with Gasteiger partial charge in [0.05, 0.1) is 18.3 Å². The number of ether oxygens (including phenoxy) is 1. The summed E-state index contributed by atoms with van der Waals surface area (Å²) in [5.41, 5.74) is 6.62. The summed E-state index contributed by atoms with van der Waals surface area (Å²) < 4.78 is 20.0. The molecule has 8 heteroatoms. The zero-order valence-electron chi connectivity index (χ0n) is 17.6. The van der Waals surface area contributed by atoms with Gasteiger partial charge in [-0.2, -0.15) is 0 Å². The number of rotatable bonds is 7. The summed E-state index contributed by atoms with van der Waals surface area (Å²) in [6.07, 6.45) is 2.29. The van der Waals surface area contributed by atoms with E-state index in [0.29, 0.717) is 40.7 Å². The van der Waals surface area contributed by atoms with Crippen LogP contribution in [0.2, 0.25) is 0 Å². The molecule has 0 radical (unpaired) electrons. The molecule has 1 aliphatic rings. The Kier molecular flexibility index (Phi) is 7.66. The lowest BCUT2D eigenvalue weighted by atomic mass is 9.87. The molecular weight excluding hydrogens is 415 g/mol. The Morgan fingerprint density at radius 3 is 2.90 bits per heavy atom. The highest BCUT2D eigenvalue weighted by Crippen LogP contribution is 2.36. The fourth-order valence-electron chi connectivity index (χ4n) is 3.20. The van der Waals surface area contributed by atoms with Crippen molar-refractivity contribution in [3.63, 3.8) is 0 Å². The van der Waals surface area contributed by atoms with Crippen molar-refractivity contribution in [3.05, 3.63) is 59.2 Å². The first-order valence-corrected chi connectivity index (χ1v) is 10.9. The second kappa shape index (κ2) is 10.4. The number of nitrogens with zero attached hydrogens (tertiary/aromatic N) is 2. The Morgan fingerprint density at radius 2 is 2.19 bits per heavy atom. The van der Waals surface area contributed by atoms with E-state index in [9.17, 15) is 9.18 Å². The summed E-state index contributed by atoms with van der Waals surface area (Å²) in [5.74, 6) is 6.57. The van der Waals surface area contributed by atoms with Gasteiger partial charge in [0.25, 0.3) is 0 Å². The number of nitrogens with two attached hydrogens (primary N) is 1. The number of benzene rings is 1. The number of amidine groups is 1. The number of hydrogen-bond donors (Lipinski definition) is 2. The molecule has 0 amide bonds. The number of carbonyl (C=O) groups is 1. The second-order valence-electron chi connectivity index (χ2n) is 7.29. The highest BCUT2D eigenvalue weighted by Gasteiger charge is 2.32. The molecule has 0 fully saturated rings. The van der Waals surface area contributed by atoms with Crippen molar-refractivity contribution in [2.75, 3.05) is 26.0 Å². The van der Waals surface area contributed by atoms with E-state index in [4.69, 9.17) is 10.5 Å². The van der Waals surface area contributed by atoms with Crippen molar-refractivity contribution < 1.29 is 13.9 Å². The average molecular weight is 441 g/mol. The van der Waals surface area contributed by atoms with E-state index in [2.05, 4.69) is 27.1 Å². The lowest BCUT2D eigenvalue weighted by Gasteiger charge is -2.30. The Hall–Kier alpha value is -2.89. The fourth-order valence-corrected chi connectivity index (χ4v) is 4.18. The third-order valence-corrected chi connectivity index (χ3v) is 5.69. The molecule has 0 spiro atoms. The average Bonchev–Trinajstić information content (AvgIpc) is 2.75. The topological polar surface area (TPSA) is 89.6 Å². The third-order valence-electron chi connectivity index (χ3n) is 4.89. The van der Waals surface area contributed by atoms with Crippen molar-refractivity contribution in [1.82, 2.24) is 10.3 Å². The summed E-state index contributed by atoms with van der Waals surface area (Å²) >= 11 is 1.46. The normalized spacial score (nSPS) is 18.0. The third kappa shape index (κ3) is 6.06. The first-order chi connectivity index (χ1) is 14.9. The molecule has 1 aliphatic heterocycles. The largest absolute Gasteiger partial charge is 0.479 e. The van der Waals surface area contributed by atoms with Crippen molar-refractivity contribution in [2.45, 2.75) is 25.3 Å². The highest BCUT2D eigenvalue weighted by atomic mass is 32.2. The van der Waals surface area contributed by atoms with Crippen LogP contribution in [0.25, 0.3) is 0 Å². The minimum atomic E-state index is -0.730. The van der Waals surface area contributed by atoms with Crippen molar-refractivity contribution in [2.24, 2.45) is 10.7 Å². The summed E-state index contributed by atoms with van der Waals surface area (Å²) in [6, 6.07) is 8.02.